The first-order valence-corrected chi connectivity index (χ1v) is 4.90. The minimum atomic E-state index is 0.693. The lowest BCUT2D eigenvalue weighted by Gasteiger charge is -2.07. The molecule has 1 aromatic heterocycles. The quantitative estimate of drug-likeness (QED) is 0.659. The summed E-state index contributed by atoms with van der Waals surface area (Å²) in [5, 5.41) is 0. The molecule has 0 aromatic carbocycles. The lowest BCUT2D eigenvalue weighted by Crippen LogP contribution is -1.91. The standard InChI is InChI=1S/C9H14O.C2H6/c1-3-8(4-2)9-5-6-10-7-9;1-2/h5-8H,3-4H2,1-2H3;1-2H3. The van der Waals surface area contributed by atoms with E-state index in [0.29, 0.717) is 5.92 Å². The smallest absolute Gasteiger partial charge is 0.0937 e. The van der Waals surface area contributed by atoms with Gasteiger partial charge in [0.05, 0.1) is 12.5 Å². The second-order valence-corrected chi connectivity index (χ2v) is 2.57. The monoisotopic (exact) mass is 168 g/mol. The van der Waals surface area contributed by atoms with Crippen molar-refractivity contribution in [1.29, 1.82) is 0 Å². The third-order valence-corrected chi connectivity index (χ3v) is 2.00. The van der Waals surface area contributed by atoms with Crippen molar-refractivity contribution in [1.82, 2.24) is 0 Å². The summed E-state index contributed by atoms with van der Waals surface area (Å²) in [4.78, 5) is 0. The van der Waals surface area contributed by atoms with Crippen molar-refractivity contribution >= 4 is 0 Å². The summed E-state index contributed by atoms with van der Waals surface area (Å²) in [5.74, 6) is 0.693. The molecule has 1 aromatic rings. The van der Waals surface area contributed by atoms with Crippen LogP contribution in [0.15, 0.2) is 23.0 Å². The highest BCUT2D eigenvalue weighted by Crippen LogP contribution is 2.22. The largest absolute Gasteiger partial charge is 0.472 e. The molecule has 0 aliphatic rings. The van der Waals surface area contributed by atoms with Crippen LogP contribution in [0.4, 0.5) is 0 Å². The molecule has 0 atom stereocenters. The molecule has 70 valence electrons. The van der Waals surface area contributed by atoms with Gasteiger partial charge in [0.1, 0.15) is 0 Å². The van der Waals surface area contributed by atoms with E-state index in [0.717, 1.165) is 0 Å². The first kappa shape index (κ1) is 11.3. The SMILES string of the molecule is CC.CCC(CC)c1ccoc1. The van der Waals surface area contributed by atoms with Gasteiger partial charge in [-0.25, -0.2) is 0 Å². The minimum Gasteiger partial charge on any atom is -0.472 e. The fourth-order valence-electron chi connectivity index (χ4n) is 1.27. The van der Waals surface area contributed by atoms with Crippen LogP contribution >= 0.6 is 0 Å². The van der Waals surface area contributed by atoms with Gasteiger partial charge in [-0.1, -0.05) is 27.7 Å². The van der Waals surface area contributed by atoms with Crippen molar-refractivity contribution in [2.24, 2.45) is 0 Å². The second kappa shape index (κ2) is 6.96. The fourth-order valence-corrected chi connectivity index (χ4v) is 1.27. The summed E-state index contributed by atoms with van der Waals surface area (Å²) in [6.07, 6.45) is 6.00. The molecule has 0 N–H and O–H groups in total. The molecule has 12 heavy (non-hydrogen) atoms. The first-order chi connectivity index (χ1) is 5.88. The molecule has 1 nitrogen and oxygen atoms in total. The Bertz CT molecular complexity index is 161. The molecule has 0 unspecified atom stereocenters. The van der Waals surface area contributed by atoms with E-state index in [2.05, 4.69) is 19.9 Å². The number of furan rings is 1. The van der Waals surface area contributed by atoms with Gasteiger partial charge in [-0.15, -0.1) is 0 Å². The molecular weight excluding hydrogens is 148 g/mol. The van der Waals surface area contributed by atoms with E-state index >= 15 is 0 Å². The van der Waals surface area contributed by atoms with Gasteiger partial charge in [0, 0.05) is 0 Å². The predicted octanol–water partition coefficient (Wildman–Crippen LogP) is 4.21. The van der Waals surface area contributed by atoms with Crippen LogP contribution in [0.2, 0.25) is 0 Å². The molecule has 0 saturated heterocycles. The molecule has 0 fully saturated rings. The van der Waals surface area contributed by atoms with Crippen molar-refractivity contribution < 1.29 is 4.42 Å². The summed E-state index contributed by atoms with van der Waals surface area (Å²) < 4.78 is 5.00. The van der Waals surface area contributed by atoms with Crippen molar-refractivity contribution in [2.45, 2.75) is 46.5 Å². The average Bonchev–Trinajstić information content (AvgIpc) is 2.64. The summed E-state index contributed by atoms with van der Waals surface area (Å²) in [7, 11) is 0. The van der Waals surface area contributed by atoms with Crippen molar-refractivity contribution in [3.05, 3.63) is 24.2 Å². The highest BCUT2D eigenvalue weighted by molar-refractivity contribution is 5.11. The zero-order chi connectivity index (χ0) is 9.40. The molecule has 0 saturated carbocycles. The molecular formula is C11H20O. The van der Waals surface area contributed by atoms with Crippen LogP contribution in [0.3, 0.4) is 0 Å². The lowest BCUT2D eigenvalue weighted by molar-refractivity contribution is 0.552. The molecule has 0 aliphatic heterocycles. The maximum atomic E-state index is 5.00. The highest BCUT2D eigenvalue weighted by atomic mass is 16.3. The van der Waals surface area contributed by atoms with Gasteiger partial charge in [-0.05, 0) is 30.4 Å². The van der Waals surface area contributed by atoms with Crippen LogP contribution in [0, 0.1) is 0 Å². The molecule has 1 heteroatoms. The van der Waals surface area contributed by atoms with Gasteiger partial charge in [0.2, 0.25) is 0 Å². The predicted molar refractivity (Wildman–Crippen MR) is 53.4 cm³/mol. The summed E-state index contributed by atoms with van der Waals surface area (Å²) in [5.41, 5.74) is 1.34. The van der Waals surface area contributed by atoms with Gasteiger partial charge in [0.15, 0.2) is 0 Å². The number of hydrogen-bond donors (Lipinski definition) is 0. The summed E-state index contributed by atoms with van der Waals surface area (Å²) in [6.45, 7) is 8.42. The third-order valence-electron chi connectivity index (χ3n) is 2.00. The summed E-state index contributed by atoms with van der Waals surface area (Å²) in [6, 6.07) is 2.05. The van der Waals surface area contributed by atoms with E-state index < -0.39 is 0 Å². The van der Waals surface area contributed by atoms with Crippen molar-refractivity contribution in [3.63, 3.8) is 0 Å². The molecule has 0 radical (unpaired) electrons. The zero-order valence-corrected chi connectivity index (χ0v) is 8.63. The topological polar surface area (TPSA) is 13.1 Å². The fraction of sp³-hybridized carbons (Fsp3) is 0.636. The maximum absolute atomic E-state index is 5.00. The van der Waals surface area contributed by atoms with Crippen LogP contribution in [0.1, 0.15) is 52.0 Å². The molecule has 1 heterocycles. The normalized spacial score (nSPS) is 9.42. The van der Waals surface area contributed by atoms with Gasteiger partial charge >= 0.3 is 0 Å². The lowest BCUT2D eigenvalue weighted by atomic mass is 9.97. The Balaban J connectivity index is 0.000000561. The molecule has 0 aliphatic carbocycles. The Labute approximate surface area is 75.8 Å². The second-order valence-electron chi connectivity index (χ2n) is 2.57. The van der Waals surface area contributed by atoms with Gasteiger partial charge in [-0.3, -0.25) is 0 Å². The van der Waals surface area contributed by atoms with Crippen LogP contribution in [0.5, 0.6) is 0 Å². The van der Waals surface area contributed by atoms with E-state index in [-0.39, 0.29) is 0 Å². The molecule has 1 rings (SSSR count). The zero-order valence-electron chi connectivity index (χ0n) is 8.63. The molecule has 0 bridgehead atoms. The van der Waals surface area contributed by atoms with Gasteiger partial charge in [-0.2, -0.15) is 0 Å². The molecule has 0 spiro atoms. The summed E-state index contributed by atoms with van der Waals surface area (Å²) >= 11 is 0. The van der Waals surface area contributed by atoms with E-state index in [4.69, 9.17) is 4.42 Å². The minimum absolute atomic E-state index is 0.693. The Morgan fingerprint density at radius 2 is 1.83 bits per heavy atom. The van der Waals surface area contributed by atoms with E-state index in [1.165, 1.54) is 18.4 Å². The first-order valence-electron chi connectivity index (χ1n) is 4.90. The van der Waals surface area contributed by atoms with E-state index in [1.807, 2.05) is 20.1 Å². The maximum Gasteiger partial charge on any atom is 0.0937 e. The highest BCUT2D eigenvalue weighted by Gasteiger charge is 2.06. The van der Waals surface area contributed by atoms with Crippen LogP contribution < -0.4 is 0 Å². The van der Waals surface area contributed by atoms with Crippen molar-refractivity contribution in [2.75, 3.05) is 0 Å². The van der Waals surface area contributed by atoms with Crippen LogP contribution in [-0.2, 0) is 0 Å². The van der Waals surface area contributed by atoms with Gasteiger partial charge < -0.3 is 4.42 Å². The molecule has 0 amide bonds. The Kier molecular flexibility index (Phi) is 6.54. The van der Waals surface area contributed by atoms with Crippen LogP contribution in [0.25, 0.3) is 0 Å². The number of rotatable bonds is 3. The average molecular weight is 168 g/mol. The van der Waals surface area contributed by atoms with Crippen LogP contribution in [-0.4, -0.2) is 0 Å². The van der Waals surface area contributed by atoms with Gasteiger partial charge in [0.25, 0.3) is 0 Å². The Morgan fingerprint density at radius 3 is 2.17 bits per heavy atom. The number of hydrogen-bond acceptors (Lipinski definition) is 1. The third kappa shape index (κ3) is 3.12. The Hall–Kier alpha value is -0.720. The van der Waals surface area contributed by atoms with E-state index in [9.17, 15) is 0 Å². The van der Waals surface area contributed by atoms with Crippen molar-refractivity contribution in [3.8, 4) is 0 Å². The van der Waals surface area contributed by atoms with E-state index in [1.54, 1.807) is 6.26 Å². The Morgan fingerprint density at radius 1 is 1.25 bits per heavy atom.